The van der Waals surface area contributed by atoms with Gasteiger partial charge in [0.05, 0.1) is 6.10 Å². The zero-order valence-electron chi connectivity index (χ0n) is 7.71. The summed E-state index contributed by atoms with van der Waals surface area (Å²) in [6.45, 7) is 1.59. The number of hydrogen-bond acceptors (Lipinski definition) is 3. The zero-order valence-corrected chi connectivity index (χ0v) is 8.53. The second-order valence-electron chi connectivity index (χ2n) is 3.15. The lowest BCUT2D eigenvalue weighted by Gasteiger charge is -2.06. The lowest BCUT2D eigenvalue weighted by Crippen LogP contribution is -2.02. The van der Waals surface area contributed by atoms with Gasteiger partial charge in [0.2, 0.25) is 0 Å². The fourth-order valence-electron chi connectivity index (χ4n) is 1.15. The van der Waals surface area contributed by atoms with Crippen LogP contribution in [0.1, 0.15) is 24.2 Å². The highest BCUT2D eigenvalue weighted by atomic mass is 32.2. The molecule has 0 aliphatic carbocycles. The lowest BCUT2D eigenvalue weighted by molar-refractivity contribution is 0.199. The predicted molar refractivity (Wildman–Crippen MR) is 52.3 cm³/mol. The first-order chi connectivity index (χ1) is 6.38. The molecule has 5 heteroatoms. The molecule has 0 bridgehead atoms. The van der Waals surface area contributed by atoms with Gasteiger partial charge in [0.25, 0.3) is 10.1 Å². The van der Waals surface area contributed by atoms with Crippen LogP contribution in [0.5, 0.6) is 0 Å². The van der Waals surface area contributed by atoms with Crippen LogP contribution >= 0.6 is 0 Å². The largest absolute Gasteiger partial charge is 0.389 e. The van der Waals surface area contributed by atoms with Crippen LogP contribution in [0.4, 0.5) is 0 Å². The topological polar surface area (TPSA) is 74.6 Å². The Morgan fingerprint density at radius 3 is 2.57 bits per heavy atom. The van der Waals surface area contributed by atoms with Crippen LogP contribution in [0.2, 0.25) is 0 Å². The molecule has 0 aliphatic heterocycles. The molecule has 0 amide bonds. The zero-order chi connectivity index (χ0) is 10.8. The van der Waals surface area contributed by atoms with Gasteiger partial charge < -0.3 is 5.11 Å². The van der Waals surface area contributed by atoms with Crippen molar-refractivity contribution in [2.75, 3.05) is 0 Å². The minimum atomic E-state index is -4.00. The predicted octanol–water partition coefficient (Wildman–Crippen LogP) is 1.13. The maximum absolute atomic E-state index is 10.6. The first-order valence-corrected chi connectivity index (χ1v) is 5.71. The van der Waals surface area contributed by atoms with E-state index in [2.05, 4.69) is 0 Å². The van der Waals surface area contributed by atoms with Crippen molar-refractivity contribution in [1.29, 1.82) is 0 Å². The van der Waals surface area contributed by atoms with Crippen molar-refractivity contribution in [3.63, 3.8) is 0 Å². The molecular formula is C9H12O4S. The highest BCUT2D eigenvalue weighted by Gasteiger charge is 2.08. The summed E-state index contributed by atoms with van der Waals surface area (Å²) in [6, 6.07) is 6.47. The quantitative estimate of drug-likeness (QED) is 0.743. The number of hydrogen-bond donors (Lipinski definition) is 2. The van der Waals surface area contributed by atoms with Crippen LogP contribution in [0.15, 0.2) is 24.3 Å². The monoisotopic (exact) mass is 216 g/mol. The Hall–Kier alpha value is -0.910. The maximum atomic E-state index is 10.6. The van der Waals surface area contributed by atoms with Crippen LogP contribution in [0, 0.1) is 0 Å². The number of benzene rings is 1. The van der Waals surface area contributed by atoms with Crippen molar-refractivity contribution in [2.45, 2.75) is 18.8 Å². The minimum absolute atomic E-state index is 0.423. The van der Waals surface area contributed by atoms with Crippen LogP contribution in [0.25, 0.3) is 0 Å². The third-order valence-electron chi connectivity index (χ3n) is 1.78. The van der Waals surface area contributed by atoms with Gasteiger partial charge in [0, 0.05) is 0 Å². The van der Waals surface area contributed by atoms with Gasteiger partial charge >= 0.3 is 0 Å². The van der Waals surface area contributed by atoms with E-state index in [9.17, 15) is 13.5 Å². The maximum Gasteiger partial charge on any atom is 0.269 e. The van der Waals surface area contributed by atoms with Gasteiger partial charge in [-0.15, -0.1) is 0 Å². The standard InChI is InChI=1S/C9H12O4S/c1-7(10)9-4-2-3-8(5-9)6-14(11,12)13/h2-5,7,10H,6H2,1H3,(H,11,12,13)/t7-/m0/s1. The molecule has 0 spiro atoms. The molecule has 1 aromatic carbocycles. The highest BCUT2D eigenvalue weighted by molar-refractivity contribution is 7.85. The molecule has 2 N–H and O–H groups in total. The first-order valence-electron chi connectivity index (χ1n) is 4.10. The van der Waals surface area contributed by atoms with E-state index >= 15 is 0 Å². The van der Waals surface area contributed by atoms with Crippen molar-refractivity contribution in [2.24, 2.45) is 0 Å². The molecule has 0 saturated carbocycles. The Morgan fingerprint density at radius 1 is 1.43 bits per heavy atom. The molecule has 0 heterocycles. The van der Waals surface area contributed by atoms with Crippen molar-refractivity contribution >= 4 is 10.1 Å². The second-order valence-corrected chi connectivity index (χ2v) is 4.60. The van der Waals surface area contributed by atoms with Crippen molar-refractivity contribution in [1.82, 2.24) is 0 Å². The van der Waals surface area contributed by atoms with E-state index in [-0.39, 0.29) is 0 Å². The van der Waals surface area contributed by atoms with Crippen LogP contribution in [-0.4, -0.2) is 18.1 Å². The van der Waals surface area contributed by atoms with Gasteiger partial charge in [-0.25, -0.2) is 0 Å². The smallest absolute Gasteiger partial charge is 0.269 e. The Bertz CT molecular complexity index is 409. The molecule has 0 radical (unpaired) electrons. The van der Waals surface area contributed by atoms with Crippen LogP contribution in [0.3, 0.4) is 0 Å². The molecule has 0 aliphatic rings. The molecule has 14 heavy (non-hydrogen) atoms. The summed E-state index contributed by atoms with van der Waals surface area (Å²) >= 11 is 0. The summed E-state index contributed by atoms with van der Waals surface area (Å²) in [6.07, 6.45) is -0.642. The van der Waals surface area contributed by atoms with Crippen molar-refractivity contribution < 1.29 is 18.1 Å². The average molecular weight is 216 g/mol. The summed E-state index contributed by atoms with van der Waals surface area (Å²) < 4.78 is 29.8. The fourth-order valence-corrected chi connectivity index (χ4v) is 1.75. The van der Waals surface area contributed by atoms with Gasteiger partial charge in [-0.1, -0.05) is 24.3 Å². The number of aliphatic hydroxyl groups excluding tert-OH is 1. The Morgan fingerprint density at radius 2 is 2.07 bits per heavy atom. The van der Waals surface area contributed by atoms with E-state index in [1.165, 1.54) is 0 Å². The SMILES string of the molecule is C[C@H](O)c1cccc(CS(=O)(=O)O)c1. The minimum Gasteiger partial charge on any atom is -0.389 e. The van der Waals surface area contributed by atoms with E-state index in [0.717, 1.165) is 0 Å². The van der Waals surface area contributed by atoms with Gasteiger partial charge in [-0.2, -0.15) is 8.42 Å². The summed E-state index contributed by atoms with van der Waals surface area (Å²) in [5.74, 6) is -0.423. The van der Waals surface area contributed by atoms with E-state index in [1.807, 2.05) is 0 Å². The molecule has 0 fully saturated rings. The molecule has 78 valence electrons. The van der Waals surface area contributed by atoms with Crippen molar-refractivity contribution in [3.8, 4) is 0 Å². The second kappa shape index (κ2) is 4.08. The molecule has 0 aromatic heterocycles. The molecule has 1 aromatic rings. The Labute approximate surface area is 82.9 Å². The summed E-state index contributed by atoms with van der Waals surface area (Å²) in [7, 11) is -4.00. The van der Waals surface area contributed by atoms with Crippen LogP contribution < -0.4 is 0 Å². The van der Waals surface area contributed by atoms with E-state index in [4.69, 9.17) is 4.55 Å². The van der Waals surface area contributed by atoms with Gasteiger partial charge in [-0.3, -0.25) is 4.55 Å². The first kappa shape index (κ1) is 11.2. The Balaban J connectivity index is 2.95. The third kappa shape index (κ3) is 3.45. The van der Waals surface area contributed by atoms with Crippen LogP contribution in [-0.2, 0) is 15.9 Å². The molecule has 0 unspecified atom stereocenters. The molecule has 0 saturated heterocycles. The van der Waals surface area contributed by atoms with Gasteiger partial charge in [0.1, 0.15) is 5.75 Å². The Kier molecular flexibility index (Phi) is 3.25. The molecular weight excluding hydrogens is 204 g/mol. The van der Waals surface area contributed by atoms with Crippen molar-refractivity contribution in [3.05, 3.63) is 35.4 Å². The highest BCUT2D eigenvalue weighted by Crippen LogP contribution is 2.14. The third-order valence-corrected chi connectivity index (χ3v) is 2.48. The van der Waals surface area contributed by atoms with E-state index in [1.54, 1.807) is 31.2 Å². The lowest BCUT2D eigenvalue weighted by atomic mass is 10.1. The molecule has 4 nitrogen and oxygen atoms in total. The summed E-state index contributed by atoms with van der Waals surface area (Å²) in [5.41, 5.74) is 1.09. The van der Waals surface area contributed by atoms with Gasteiger partial charge in [-0.05, 0) is 18.1 Å². The number of rotatable bonds is 3. The van der Waals surface area contributed by atoms with Gasteiger partial charge in [0.15, 0.2) is 0 Å². The summed E-state index contributed by atoms with van der Waals surface area (Å²) in [5, 5.41) is 9.23. The van der Waals surface area contributed by atoms with E-state index in [0.29, 0.717) is 11.1 Å². The van der Waals surface area contributed by atoms with E-state index < -0.39 is 22.0 Å². The summed E-state index contributed by atoms with van der Waals surface area (Å²) in [4.78, 5) is 0. The normalized spacial score (nSPS) is 13.9. The molecule has 1 atom stereocenters. The number of aliphatic hydroxyl groups is 1. The average Bonchev–Trinajstić information content (AvgIpc) is 2.01. The molecule has 1 rings (SSSR count). The fraction of sp³-hybridized carbons (Fsp3) is 0.333.